The van der Waals surface area contributed by atoms with E-state index in [0.29, 0.717) is 11.4 Å². The monoisotopic (exact) mass is 302 g/mol. The molecule has 4 nitrogen and oxygen atoms in total. The summed E-state index contributed by atoms with van der Waals surface area (Å²) in [6, 6.07) is 25.6. The van der Waals surface area contributed by atoms with Crippen LogP contribution in [-0.2, 0) is 0 Å². The van der Waals surface area contributed by atoms with E-state index in [1.807, 2.05) is 72.8 Å². The minimum atomic E-state index is 0.400. The second-order valence-electron chi connectivity index (χ2n) is 4.96. The van der Waals surface area contributed by atoms with Crippen molar-refractivity contribution in [2.45, 2.75) is 0 Å². The maximum atomic E-state index is 9.04. The van der Waals surface area contributed by atoms with Crippen LogP contribution in [0.5, 0.6) is 5.75 Å². The van der Waals surface area contributed by atoms with Gasteiger partial charge in [0.05, 0.1) is 12.8 Å². The van der Waals surface area contributed by atoms with Gasteiger partial charge in [-0.2, -0.15) is 0 Å². The topological polar surface area (TPSA) is 40.6 Å². The van der Waals surface area contributed by atoms with Crippen LogP contribution in [0.15, 0.2) is 78.9 Å². The van der Waals surface area contributed by atoms with Gasteiger partial charge in [-0.15, -0.1) is 0 Å². The quantitative estimate of drug-likeness (QED) is 0.585. The Kier molecular flexibility index (Phi) is 4.21. The Morgan fingerprint density at radius 2 is 1.35 bits per heavy atom. The molecule has 0 amide bonds. The Hall–Kier alpha value is -3.32. The smallest absolute Gasteiger partial charge is 0.426 e. The van der Waals surface area contributed by atoms with Crippen LogP contribution in [-0.4, -0.2) is 7.11 Å². The fourth-order valence-corrected chi connectivity index (χ4v) is 2.49. The summed E-state index contributed by atoms with van der Waals surface area (Å²) in [5, 5.41) is 9.04. The first kappa shape index (κ1) is 14.6. The summed E-state index contributed by atoms with van der Waals surface area (Å²) in [7, 11) is 1.56. The third-order valence-corrected chi connectivity index (χ3v) is 3.56. The second-order valence-corrected chi connectivity index (χ2v) is 4.96. The third kappa shape index (κ3) is 2.99. The highest BCUT2D eigenvalue weighted by molar-refractivity contribution is 5.79. The number of ether oxygens (including phenoxy) is 1. The Bertz CT molecular complexity index is 787. The van der Waals surface area contributed by atoms with Gasteiger partial charge in [0.2, 0.25) is 11.1 Å². The molecular formula is C19H16N3O+. The van der Waals surface area contributed by atoms with Crippen molar-refractivity contribution < 1.29 is 4.74 Å². The molecule has 0 saturated carbocycles. The lowest BCUT2D eigenvalue weighted by Crippen LogP contribution is -2.09. The van der Waals surface area contributed by atoms with Gasteiger partial charge in [0.25, 0.3) is 0 Å². The van der Waals surface area contributed by atoms with Crippen LogP contribution in [0, 0.1) is 5.39 Å². The molecule has 0 N–H and O–H groups in total. The van der Waals surface area contributed by atoms with E-state index < -0.39 is 0 Å². The molecule has 23 heavy (non-hydrogen) atoms. The highest BCUT2D eigenvalue weighted by atomic mass is 16.5. The number of benzene rings is 3. The molecule has 0 aromatic heterocycles. The predicted molar refractivity (Wildman–Crippen MR) is 92.4 cm³/mol. The highest BCUT2D eigenvalue weighted by Crippen LogP contribution is 2.38. The summed E-state index contributed by atoms with van der Waals surface area (Å²) in [5.74, 6) is 0.516. The molecule has 3 rings (SSSR count). The van der Waals surface area contributed by atoms with E-state index in [1.165, 1.54) is 0 Å². The molecule has 4 heteroatoms. The fourth-order valence-electron chi connectivity index (χ4n) is 2.49. The SMILES string of the molecule is COc1cc(N(c2ccccc2)c2ccccc2)ccc1[N+]#N. The average Bonchev–Trinajstić information content (AvgIpc) is 2.63. The number of anilines is 3. The van der Waals surface area contributed by atoms with Crippen molar-refractivity contribution in [3.63, 3.8) is 0 Å². The van der Waals surface area contributed by atoms with E-state index in [2.05, 4.69) is 9.88 Å². The Balaban J connectivity index is 2.15. The molecule has 0 bridgehead atoms. The summed E-state index contributed by atoms with van der Waals surface area (Å²) in [5.41, 5.74) is 3.40. The molecule has 0 spiro atoms. The van der Waals surface area contributed by atoms with Gasteiger partial charge < -0.3 is 9.64 Å². The Morgan fingerprint density at radius 3 is 1.83 bits per heavy atom. The summed E-state index contributed by atoms with van der Waals surface area (Å²) in [4.78, 5) is 5.36. The molecule has 0 radical (unpaired) electrons. The van der Waals surface area contributed by atoms with E-state index in [9.17, 15) is 0 Å². The van der Waals surface area contributed by atoms with Gasteiger partial charge in [-0.1, -0.05) is 36.4 Å². The zero-order chi connectivity index (χ0) is 16.1. The number of hydrogen-bond acceptors (Lipinski definition) is 3. The lowest BCUT2D eigenvalue weighted by Gasteiger charge is -2.25. The predicted octanol–water partition coefficient (Wildman–Crippen LogP) is 5.65. The Morgan fingerprint density at radius 1 is 0.783 bits per heavy atom. The van der Waals surface area contributed by atoms with E-state index in [1.54, 1.807) is 13.2 Å². The standard InChI is InChI=1S/C19H16N3O/c1-23-19-14-17(12-13-18(19)21-20)22(15-8-4-2-5-9-15)16-10-6-3-7-11-16/h2-14H,1H3/q+1. The molecule has 0 aliphatic carbocycles. The van der Waals surface area contributed by atoms with Crippen LogP contribution in [0.1, 0.15) is 0 Å². The number of para-hydroxylation sites is 2. The first-order chi connectivity index (χ1) is 11.3. The van der Waals surface area contributed by atoms with Gasteiger partial charge in [-0.25, -0.2) is 0 Å². The van der Waals surface area contributed by atoms with Crippen LogP contribution >= 0.6 is 0 Å². The van der Waals surface area contributed by atoms with Crippen molar-refractivity contribution in [3.05, 3.63) is 83.8 Å². The zero-order valence-electron chi connectivity index (χ0n) is 12.8. The highest BCUT2D eigenvalue weighted by Gasteiger charge is 2.19. The first-order valence-corrected chi connectivity index (χ1v) is 7.27. The minimum Gasteiger partial charge on any atom is -0.489 e. The van der Waals surface area contributed by atoms with Gasteiger partial charge in [0.15, 0.2) is 4.98 Å². The largest absolute Gasteiger partial charge is 0.489 e. The van der Waals surface area contributed by atoms with Gasteiger partial charge in [-0.05, 0) is 30.3 Å². The van der Waals surface area contributed by atoms with Crippen LogP contribution in [0.4, 0.5) is 22.7 Å². The number of hydrogen-bond donors (Lipinski definition) is 0. The van der Waals surface area contributed by atoms with Crippen LogP contribution in [0.2, 0.25) is 0 Å². The number of rotatable bonds is 4. The number of nitrogens with zero attached hydrogens (tertiary/aromatic N) is 3. The molecule has 0 atom stereocenters. The summed E-state index contributed by atoms with van der Waals surface area (Å²) < 4.78 is 5.32. The third-order valence-electron chi connectivity index (χ3n) is 3.56. The maximum absolute atomic E-state index is 9.04. The lowest BCUT2D eigenvalue weighted by molar-refractivity contribution is 0.417. The molecule has 0 saturated heterocycles. The first-order valence-electron chi connectivity index (χ1n) is 7.27. The molecule has 0 heterocycles. The van der Waals surface area contributed by atoms with Crippen LogP contribution in [0.3, 0.4) is 0 Å². The van der Waals surface area contributed by atoms with E-state index in [-0.39, 0.29) is 0 Å². The minimum absolute atomic E-state index is 0.400. The fraction of sp³-hybridized carbons (Fsp3) is 0.0526. The van der Waals surface area contributed by atoms with Crippen molar-refractivity contribution in [1.82, 2.24) is 0 Å². The molecule has 112 valence electrons. The van der Waals surface area contributed by atoms with E-state index >= 15 is 0 Å². The molecule has 3 aromatic carbocycles. The van der Waals surface area contributed by atoms with Crippen molar-refractivity contribution >= 4 is 22.7 Å². The molecule has 3 aromatic rings. The van der Waals surface area contributed by atoms with Gasteiger partial charge in [0, 0.05) is 23.5 Å². The van der Waals surface area contributed by atoms with E-state index in [4.69, 9.17) is 10.1 Å². The maximum Gasteiger partial charge on any atom is 0.426 e. The summed E-state index contributed by atoms with van der Waals surface area (Å²) in [6.45, 7) is 0. The van der Waals surface area contributed by atoms with Crippen LogP contribution in [0.25, 0.3) is 4.98 Å². The Labute approximate surface area is 135 Å². The second kappa shape index (κ2) is 6.63. The van der Waals surface area contributed by atoms with Crippen molar-refractivity contribution in [1.29, 1.82) is 5.39 Å². The van der Waals surface area contributed by atoms with Crippen LogP contribution < -0.4 is 9.64 Å². The normalized spacial score (nSPS) is 9.91. The molecule has 0 aliphatic heterocycles. The van der Waals surface area contributed by atoms with Crippen molar-refractivity contribution in [2.75, 3.05) is 12.0 Å². The average molecular weight is 302 g/mol. The van der Waals surface area contributed by atoms with Gasteiger partial charge in [0.1, 0.15) is 0 Å². The van der Waals surface area contributed by atoms with Gasteiger partial charge in [-0.3, -0.25) is 0 Å². The molecule has 0 fully saturated rings. The number of methoxy groups -OCH3 is 1. The van der Waals surface area contributed by atoms with Crippen molar-refractivity contribution in [3.8, 4) is 5.75 Å². The van der Waals surface area contributed by atoms with Crippen molar-refractivity contribution in [2.24, 2.45) is 0 Å². The summed E-state index contributed by atoms with van der Waals surface area (Å²) >= 11 is 0. The van der Waals surface area contributed by atoms with Gasteiger partial charge >= 0.3 is 5.69 Å². The molecule has 0 aliphatic rings. The molecule has 0 unspecified atom stereocenters. The number of diazo groups is 1. The zero-order valence-corrected chi connectivity index (χ0v) is 12.8. The van der Waals surface area contributed by atoms with E-state index in [0.717, 1.165) is 17.1 Å². The lowest BCUT2D eigenvalue weighted by atomic mass is 10.1. The summed E-state index contributed by atoms with van der Waals surface area (Å²) in [6.07, 6.45) is 0. The molecular weight excluding hydrogens is 286 g/mol.